The molecule has 1 N–H and O–H groups in total. The third kappa shape index (κ3) is 3.64. The first-order valence-corrected chi connectivity index (χ1v) is 14.2. The van der Waals surface area contributed by atoms with Gasteiger partial charge in [-0.25, -0.2) is 0 Å². The van der Waals surface area contributed by atoms with Crippen molar-refractivity contribution in [3.63, 3.8) is 0 Å². The molecular formula is C31H30N2O3S. The largest absolute Gasteiger partial charge is 0.324 e. The number of nitrogens with one attached hydrogen (secondary N) is 1. The molecule has 5 nitrogen and oxygen atoms in total. The maximum Gasteiger partial charge on any atom is 0.247 e. The number of rotatable bonds is 6. The van der Waals surface area contributed by atoms with E-state index in [0.29, 0.717) is 12.2 Å². The van der Waals surface area contributed by atoms with Gasteiger partial charge in [0.25, 0.3) is 0 Å². The van der Waals surface area contributed by atoms with Crippen LogP contribution in [0.2, 0.25) is 0 Å². The van der Waals surface area contributed by atoms with Crippen LogP contribution in [0.25, 0.3) is 0 Å². The number of hydrogen-bond donors (Lipinski definition) is 1. The lowest BCUT2D eigenvalue weighted by molar-refractivity contribution is -0.146. The van der Waals surface area contributed by atoms with Crippen molar-refractivity contribution in [2.75, 3.05) is 17.3 Å². The Balaban J connectivity index is 1.40. The highest BCUT2D eigenvalue weighted by atomic mass is 32.2. The maximum absolute atomic E-state index is 14.2. The van der Waals surface area contributed by atoms with Crippen molar-refractivity contribution < 1.29 is 14.4 Å². The van der Waals surface area contributed by atoms with Crippen LogP contribution in [0.4, 0.5) is 5.69 Å². The fourth-order valence-electron chi connectivity index (χ4n) is 6.70. The summed E-state index contributed by atoms with van der Waals surface area (Å²) in [6.07, 6.45) is 2.39. The van der Waals surface area contributed by atoms with Crippen molar-refractivity contribution >= 4 is 35.2 Å². The molecule has 1 heterocycles. The third-order valence-electron chi connectivity index (χ3n) is 8.34. The highest BCUT2D eigenvalue weighted by molar-refractivity contribution is 7.98. The molecule has 3 atom stereocenters. The Morgan fingerprint density at radius 3 is 1.86 bits per heavy atom. The molecule has 3 unspecified atom stereocenters. The average molecular weight is 511 g/mol. The minimum absolute atomic E-state index is 0.174. The van der Waals surface area contributed by atoms with Crippen molar-refractivity contribution in [2.24, 2.45) is 11.8 Å². The summed E-state index contributed by atoms with van der Waals surface area (Å²) >= 11 is 1.61. The van der Waals surface area contributed by atoms with Gasteiger partial charge < -0.3 is 5.32 Å². The van der Waals surface area contributed by atoms with Crippen LogP contribution in [0.1, 0.15) is 51.6 Å². The minimum atomic E-state index is -0.844. The van der Waals surface area contributed by atoms with Gasteiger partial charge in [0, 0.05) is 17.5 Å². The second-order valence-corrected chi connectivity index (χ2v) is 11.4. The summed E-state index contributed by atoms with van der Waals surface area (Å²) in [6, 6.07) is 21.5. The number of imide groups is 1. The van der Waals surface area contributed by atoms with Gasteiger partial charge in [-0.2, -0.15) is 11.8 Å². The molecule has 37 heavy (non-hydrogen) atoms. The Morgan fingerprint density at radius 1 is 0.865 bits per heavy atom. The van der Waals surface area contributed by atoms with Crippen LogP contribution in [0.5, 0.6) is 0 Å². The number of thioether (sulfide) groups is 1. The SMILES string of the molecule is CSCCC(C(=O)Nc1cc(C)ccc1C)N1C(=O)C2C3c4ccccc4C(c4ccccc43)C2C1=O. The van der Waals surface area contributed by atoms with Gasteiger partial charge in [0.15, 0.2) is 0 Å². The van der Waals surface area contributed by atoms with Crippen molar-refractivity contribution in [3.8, 4) is 0 Å². The standard InChI is InChI=1S/C31H30N2O3S/c1-17-12-13-18(2)23(16-17)32-29(34)24(14-15-37-3)33-30(35)27-25-19-8-4-5-9-20(19)26(28(27)31(33)36)22-11-7-6-10-21(22)25/h4-13,16,24-28H,14-15H2,1-3H3,(H,32,34). The minimum Gasteiger partial charge on any atom is -0.324 e. The molecular weight excluding hydrogens is 480 g/mol. The lowest BCUT2D eigenvalue weighted by Crippen LogP contribution is -2.48. The summed E-state index contributed by atoms with van der Waals surface area (Å²) in [5.41, 5.74) is 7.24. The van der Waals surface area contributed by atoms with E-state index in [4.69, 9.17) is 0 Å². The summed E-state index contributed by atoms with van der Waals surface area (Å²) in [6.45, 7) is 3.92. The van der Waals surface area contributed by atoms with Gasteiger partial charge in [-0.3, -0.25) is 19.3 Å². The molecule has 1 aliphatic heterocycles. The Hall–Kier alpha value is -3.38. The molecule has 188 valence electrons. The van der Waals surface area contributed by atoms with E-state index in [2.05, 4.69) is 29.6 Å². The lowest BCUT2D eigenvalue weighted by atomic mass is 9.55. The maximum atomic E-state index is 14.2. The summed E-state index contributed by atoms with van der Waals surface area (Å²) < 4.78 is 0. The number of benzene rings is 3. The van der Waals surface area contributed by atoms with Crippen molar-refractivity contribution in [2.45, 2.75) is 38.1 Å². The number of hydrogen-bond acceptors (Lipinski definition) is 4. The molecule has 4 aliphatic rings. The summed E-state index contributed by atoms with van der Waals surface area (Å²) in [5, 5.41) is 3.04. The van der Waals surface area contributed by atoms with Crippen LogP contribution in [-0.4, -0.2) is 40.7 Å². The zero-order valence-corrected chi connectivity index (χ0v) is 22.0. The number of likely N-dealkylation sites (tertiary alicyclic amines) is 1. The molecule has 7 rings (SSSR count). The molecule has 6 heteroatoms. The van der Waals surface area contributed by atoms with E-state index in [-0.39, 0.29) is 29.6 Å². The first kappa shape index (κ1) is 24.0. The number of carbonyl (C=O) groups is 3. The molecule has 3 aromatic carbocycles. The van der Waals surface area contributed by atoms with Crippen LogP contribution < -0.4 is 5.32 Å². The second kappa shape index (κ2) is 9.18. The zero-order chi connectivity index (χ0) is 25.8. The van der Waals surface area contributed by atoms with Crippen LogP contribution >= 0.6 is 11.8 Å². The Morgan fingerprint density at radius 2 is 1.38 bits per heavy atom. The van der Waals surface area contributed by atoms with Gasteiger partial charge in [-0.1, -0.05) is 60.7 Å². The summed E-state index contributed by atoms with van der Waals surface area (Å²) in [5.74, 6) is -1.36. The van der Waals surface area contributed by atoms with Gasteiger partial charge in [-0.15, -0.1) is 0 Å². The highest BCUT2D eigenvalue weighted by Crippen LogP contribution is 2.61. The fourth-order valence-corrected chi connectivity index (χ4v) is 7.16. The topological polar surface area (TPSA) is 66.5 Å². The molecule has 3 aliphatic carbocycles. The molecule has 0 spiro atoms. The first-order chi connectivity index (χ1) is 17.9. The predicted octanol–water partition coefficient (Wildman–Crippen LogP) is 5.26. The van der Waals surface area contributed by atoms with Crippen molar-refractivity contribution in [1.29, 1.82) is 0 Å². The third-order valence-corrected chi connectivity index (χ3v) is 8.99. The normalized spacial score (nSPS) is 23.9. The molecule has 0 saturated carbocycles. The van der Waals surface area contributed by atoms with Gasteiger partial charge in [0.2, 0.25) is 17.7 Å². The highest BCUT2D eigenvalue weighted by Gasteiger charge is 2.62. The number of nitrogens with zero attached hydrogens (tertiary/aromatic N) is 1. The molecule has 3 amide bonds. The van der Waals surface area contributed by atoms with Crippen molar-refractivity contribution in [3.05, 3.63) is 100 Å². The van der Waals surface area contributed by atoms with E-state index in [9.17, 15) is 14.4 Å². The number of aryl methyl sites for hydroxylation is 2. The van der Waals surface area contributed by atoms with Crippen LogP contribution in [0, 0.1) is 25.7 Å². The van der Waals surface area contributed by atoms with E-state index >= 15 is 0 Å². The number of anilines is 1. The Kier molecular flexibility index (Phi) is 5.95. The van der Waals surface area contributed by atoms with Gasteiger partial charge >= 0.3 is 0 Å². The monoisotopic (exact) mass is 510 g/mol. The molecule has 2 bridgehead atoms. The summed E-state index contributed by atoms with van der Waals surface area (Å²) in [7, 11) is 0. The Bertz CT molecular complexity index is 1320. The van der Waals surface area contributed by atoms with Crippen LogP contribution in [0.15, 0.2) is 66.7 Å². The first-order valence-electron chi connectivity index (χ1n) is 12.8. The molecule has 1 fully saturated rings. The van der Waals surface area contributed by atoms with E-state index in [1.165, 1.54) is 4.90 Å². The molecule has 3 aromatic rings. The fraction of sp³-hybridized carbons (Fsp3) is 0.323. The quantitative estimate of drug-likeness (QED) is 0.460. The van der Waals surface area contributed by atoms with Gasteiger partial charge in [0.1, 0.15) is 6.04 Å². The smallest absolute Gasteiger partial charge is 0.247 e. The lowest BCUT2D eigenvalue weighted by Gasteiger charge is -2.45. The van der Waals surface area contributed by atoms with Crippen LogP contribution in [0.3, 0.4) is 0 Å². The van der Waals surface area contributed by atoms with E-state index in [1.807, 2.05) is 62.6 Å². The van der Waals surface area contributed by atoms with E-state index in [0.717, 1.165) is 39.1 Å². The average Bonchev–Trinajstić information content (AvgIpc) is 3.17. The molecule has 0 aromatic heterocycles. The van der Waals surface area contributed by atoms with E-state index in [1.54, 1.807) is 11.8 Å². The number of carbonyl (C=O) groups excluding carboxylic acids is 3. The number of amides is 3. The summed E-state index contributed by atoms with van der Waals surface area (Å²) in [4.78, 5) is 43.4. The zero-order valence-electron chi connectivity index (χ0n) is 21.2. The Labute approximate surface area is 221 Å². The second-order valence-electron chi connectivity index (χ2n) is 10.4. The van der Waals surface area contributed by atoms with Gasteiger partial charge in [-0.05, 0) is 71.7 Å². The van der Waals surface area contributed by atoms with E-state index < -0.39 is 17.9 Å². The predicted molar refractivity (Wildman–Crippen MR) is 147 cm³/mol. The molecule has 1 saturated heterocycles. The van der Waals surface area contributed by atoms with Crippen molar-refractivity contribution in [1.82, 2.24) is 4.90 Å². The van der Waals surface area contributed by atoms with Gasteiger partial charge in [0.05, 0.1) is 11.8 Å². The molecule has 0 radical (unpaired) electrons. The van der Waals surface area contributed by atoms with Crippen LogP contribution in [-0.2, 0) is 14.4 Å².